The van der Waals surface area contributed by atoms with Gasteiger partial charge in [-0.3, -0.25) is 4.68 Å². The molecule has 0 amide bonds. The third-order valence-corrected chi connectivity index (χ3v) is 5.74. The monoisotopic (exact) mass is 413 g/mol. The zero-order valence-electron chi connectivity index (χ0n) is 17.4. The molecule has 0 spiro atoms. The Balaban J connectivity index is 1.43. The van der Waals surface area contributed by atoms with Crippen LogP contribution in [0.25, 0.3) is 16.6 Å². The Hall–Kier alpha value is -3.63. The van der Waals surface area contributed by atoms with E-state index in [2.05, 4.69) is 16.3 Å². The topological polar surface area (TPSA) is 77.9 Å². The van der Waals surface area contributed by atoms with Crippen molar-refractivity contribution in [3.05, 3.63) is 71.7 Å². The van der Waals surface area contributed by atoms with Crippen LogP contribution >= 0.6 is 0 Å². The van der Waals surface area contributed by atoms with E-state index in [1.807, 2.05) is 58.2 Å². The van der Waals surface area contributed by atoms with Crippen molar-refractivity contribution in [1.82, 2.24) is 19.6 Å². The molecule has 0 aliphatic heterocycles. The lowest BCUT2D eigenvalue weighted by molar-refractivity contribution is 0.183. The maximum Gasteiger partial charge on any atom is 0.124 e. The Morgan fingerprint density at radius 2 is 2.10 bits per heavy atom. The summed E-state index contributed by atoms with van der Waals surface area (Å²) in [6, 6.07) is 14.2. The van der Waals surface area contributed by atoms with E-state index in [1.54, 1.807) is 13.3 Å². The van der Waals surface area contributed by atoms with Gasteiger partial charge in [0.2, 0.25) is 0 Å². The molecule has 7 nitrogen and oxygen atoms in total. The minimum atomic E-state index is -0.0119. The van der Waals surface area contributed by atoms with E-state index in [0.29, 0.717) is 18.7 Å². The molecule has 4 aromatic rings. The van der Waals surface area contributed by atoms with Crippen LogP contribution in [0.15, 0.2) is 55.0 Å². The summed E-state index contributed by atoms with van der Waals surface area (Å²) in [7, 11) is 1.68. The second kappa shape index (κ2) is 8.25. The molecule has 2 aromatic heterocycles. The van der Waals surface area contributed by atoms with Gasteiger partial charge in [0.05, 0.1) is 48.9 Å². The van der Waals surface area contributed by atoms with Crippen molar-refractivity contribution in [2.24, 2.45) is 0 Å². The van der Waals surface area contributed by atoms with E-state index in [1.165, 1.54) is 11.1 Å². The van der Waals surface area contributed by atoms with Crippen molar-refractivity contribution in [2.75, 3.05) is 13.7 Å². The summed E-state index contributed by atoms with van der Waals surface area (Å²) in [5.74, 6) is 0.809. The molecule has 0 bridgehead atoms. The summed E-state index contributed by atoms with van der Waals surface area (Å²) >= 11 is 0. The van der Waals surface area contributed by atoms with Gasteiger partial charge in [0.15, 0.2) is 0 Å². The molecular weight excluding hydrogens is 390 g/mol. The predicted octanol–water partition coefficient (Wildman–Crippen LogP) is 4.20. The fraction of sp³-hybridized carbons (Fsp3) is 0.292. The van der Waals surface area contributed by atoms with Gasteiger partial charge in [0.1, 0.15) is 17.5 Å². The zero-order chi connectivity index (χ0) is 21.2. The quantitative estimate of drug-likeness (QED) is 0.473. The lowest BCUT2D eigenvalue weighted by atomic mass is 9.88. The summed E-state index contributed by atoms with van der Waals surface area (Å²) in [6.45, 7) is 1.30. The van der Waals surface area contributed by atoms with Gasteiger partial charge in [-0.25, -0.2) is 4.68 Å². The summed E-state index contributed by atoms with van der Waals surface area (Å²) in [5.41, 5.74) is 4.97. The highest BCUT2D eigenvalue weighted by molar-refractivity contribution is 5.81. The van der Waals surface area contributed by atoms with E-state index >= 15 is 0 Å². The first-order valence-corrected chi connectivity index (χ1v) is 10.4. The normalized spacial score (nSPS) is 15.5. The first-order chi connectivity index (χ1) is 15.2. The number of ether oxygens (including phenoxy) is 2. The molecule has 156 valence electrons. The number of benzene rings is 2. The molecule has 1 aliphatic carbocycles. The Morgan fingerprint density at radius 3 is 2.97 bits per heavy atom. The van der Waals surface area contributed by atoms with Gasteiger partial charge in [-0.2, -0.15) is 15.5 Å². The highest BCUT2D eigenvalue weighted by Crippen LogP contribution is 2.35. The number of nitrogens with zero attached hydrogens (tertiary/aromatic N) is 5. The molecule has 1 aliphatic rings. The lowest BCUT2D eigenvalue weighted by Gasteiger charge is -2.26. The number of methoxy groups -OCH3 is 1. The Labute approximate surface area is 180 Å². The van der Waals surface area contributed by atoms with Crippen LogP contribution in [-0.4, -0.2) is 33.3 Å². The van der Waals surface area contributed by atoms with Gasteiger partial charge in [0.25, 0.3) is 0 Å². The van der Waals surface area contributed by atoms with E-state index in [9.17, 15) is 5.26 Å². The zero-order valence-corrected chi connectivity index (χ0v) is 17.4. The number of aromatic nitrogens is 4. The van der Waals surface area contributed by atoms with Crippen molar-refractivity contribution >= 4 is 10.9 Å². The highest BCUT2D eigenvalue weighted by atomic mass is 16.5. The molecule has 0 N–H and O–H groups in total. The van der Waals surface area contributed by atoms with Gasteiger partial charge in [-0.05, 0) is 54.7 Å². The summed E-state index contributed by atoms with van der Waals surface area (Å²) < 4.78 is 15.3. The molecule has 1 unspecified atom stereocenters. The first-order valence-electron chi connectivity index (χ1n) is 10.4. The lowest BCUT2D eigenvalue weighted by Crippen LogP contribution is -2.15. The summed E-state index contributed by atoms with van der Waals surface area (Å²) in [6.07, 6.45) is 8.61. The number of aryl methyl sites for hydroxylation is 1. The smallest absolute Gasteiger partial charge is 0.124 e. The third-order valence-electron chi connectivity index (χ3n) is 5.74. The minimum absolute atomic E-state index is 0.0119. The summed E-state index contributed by atoms with van der Waals surface area (Å²) in [5, 5.41) is 19.2. The molecule has 0 saturated heterocycles. The number of hydrogen-bond acceptors (Lipinski definition) is 5. The molecule has 0 fully saturated rings. The van der Waals surface area contributed by atoms with Crippen LogP contribution in [-0.2, 0) is 17.7 Å². The first kappa shape index (κ1) is 19.3. The third kappa shape index (κ3) is 3.78. The predicted molar refractivity (Wildman–Crippen MR) is 116 cm³/mol. The Kier molecular flexibility index (Phi) is 5.14. The van der Waals surface area contributed by atoms with Crippen LogP contribution in [0.3, 0.4) is 0 Å². The second-order valence-corrected chi connectivity index (χ2v) is 7.76. The number of nitriles is 1. The largest absolute Gasteiger partial charge is 0.486 e. The fourth-order valence-electron chi connectivity index (χ4n) is 4.17. The fourth-order valence-corrected chi connectivity index (χ4v) is 4.17. The number of hydrogen-bond donors (Lipinski definition) is 0. The van der Waals surface area contributed by atoms with Crippen LogP contribution in [0.5, 0.6) is 5.75 Å². The Morgan fingerprint density at radius 1 is 1.16 bits per heavy atom. The molecule has 2 aromatic carbocycles. The van der Waals surface area contributed by atoms with Gasteiger partial charge in [0, 0.05) is 18.6 Å². The summed E-state index contributed by atoms with van der Waals surface area (Å²) in [4.78, 5) is 0. The maximum atomic E-state index is 9.18. The van der Waals surface area contributed by atoms with Crippen molar-refractivity contribution in [3.63, 3.8) is 0 Å². The van der Waals surface area contributed by atoms with E-state index < -0.39 is 0 Å². The van der Waals surface area contributed by atoms with Gasteiger partial charge < -0.3 is 9.47 Å². The molecule has 1 atom stereocenters. The molecular formula is C24H23N5O2. The van der Waals surface area contributed by atoms with Crippen molar-refractivity contribution in [2.45, 2.75) is 31.9 Å². The maximum absolute atomic E-state index is 9.18. The van der Waals surface area contributed by atoms with Gasteiger partial charge >= 0.3 is 0 Å². The van der Waals surface area contributed by atoms with Crippen LogP contribution in [0.1, 0.15) is 35.6 Å². The van der Waals surface area contributed by atoms with Crippen LogP contribution in [0, 0.1) is 11.3 Å². The van der Waals surface area contributed by atoms with Crippen molar-refractivity contribution in [1.29, 1.82) is 5.26 Å². The molecule has 5 rings (SSSR count). The molecule has 2 heterocycles. The molecule has 31 heavy (non-hydrogen) atoms. The standard InChI is InChI=1S/C24H23N5O2/c1-30-10-9-28-16-20(15-26-28)29-23-12-21(7-6-19(23)14-27-29)31-24-4-2-3-18-11-17(13-25)5-8-22(18)24/h5-8,11-12,14-16,24H,2-4,9-10H2,1H3. The van der Waals surface area contributed by atoms with E-state index in [0.717, 1.165) is 41.6 Å². The number of rotatable bonds is 6. The average Bonchev–Trinajstić information content (AvgIpc) is 3.44. The average molecular weight is 413 g/mol. The molecule has 0 saturated carbocycles. The Bertz CT molecular complexity index is 1270. The van der Waals surface area contributed by atoms with E-state index in [-0.39, 0.29) is 6.10 Å². The number of fused-ring (bicyclic) bond motifs is 2. The SMILES string of the molecule is COCCn1cc(-n2ncc3ccc(OC4CCCc5cc(C#N)ccc54)cc32)cn1. The van der Waals surface area contributed by atoms with E-state index in [4.69, 9.17) is 9.47 Å². The van der Waals surface area contributed by atoms with Gasteiger partial charge in [-0.1, -0.05) is 6.07 Å². The van der Waals surface area contributed by atoms with Gasteiger partial charge in [-0.15, -0.1) is 0 Å². The van der Waals surface area contributed by atoms with Crippen molar-refractivity contribution < 1.29 is 9.47 Å². The molecule has 0 radical (unpaired) electrons. The van der Waals surface area contributed by atoms with Crippen LogP contribution < -0.4 is 4.74 Å². The molecule has 7 heteroatoms. The highest BCUT2D eigenvalue weighted by Gasteiger charge is 2.22. The van der Waals surface area contributed by atoms with Crippen molar-refractivity contribution in [3.8, 4) is 17.5 Å². The second-order valence-electron chi connectivity index (χ2n) is 7.76. The minimum Gasteiger partial charge on any atom is -0.486 e. The van der Waals surface area contributed by atoms with Crippen LogP contribution in [0.4, 0.5) is 0 Å². The van der Waals surface area contributed by atoms with Crippen LogP contribution in [0.2, 0.25) is 0 Å².